The van der Waals surface area contributed by atoms with Crippen LogP contribution in [0, 0.1) is 0 Å². The van der Waals surface area contributed by atoms with Gasteiger partial charge < -0.3 is 14.8 Å². The van der Waals surface area contributed by atoms with Crippen LogP contribution in [0.15, 0.2) is 35.0 Å². The number of hydrogen-bond acceptors (Lipinski definition) is 4. The molecule has 3 aromatic rings. The molecule has 1 fully saturated rings. The molecular formula is C23H27N3O2S2. The van der Waals surface area contributed by atoms with Crippen LogP contribution in [0.25, 0.3) is 10.2 Å². The van der Waals surface area contributed by atoms with Crippen molar-refractivity contribution in [1.82, 2.24) is 14.8 Å². The molecule has 0 saturated heterocycles. The third-order valence-electron chi connectivity index (χ3n) is 6.62. The molecule has 1 saturated carbocycles. The number of carbonyl (C=O) groups excluding carboxylic acids is 2. The summed E-state index contributed by atoms with van der Waals surface area (Å²) in [5.41, 5.74) is 0.814. The minimum absolute atomic E-state index is 0.0259. The van der Waals surface area contributed by atoms with Crippen LogP contribution >= 0.6 is 22.7 Å². The fraction of sp³-hybridized carbons (Fsp3) is 0.478. The highest BCUT2D eigenvalue weighted by atomic mass is 32.1. The van der Waals surface area contributed by atoms with Gasteiger partial charge in [0.2, 0.25) is 5.91 Å². The largest absolute Gasteiger partial charge is 0.351 e. The first-order chi connectivity index (χ1) is 14.6. The number of rotatable bonds is 4. The van der Waals surface area contributed by atoms with E-state index in [1.54, 1.807) is 27.6 Å². The van der Waals surface area contributed by atoms with Crippen molar-refractivity contribution in [2.45, 2.75) is 70.1 Å². The zero-order valence-electron chi connectivity index (χ0n) is 17.2. The first kappa shape index (κ1) is 19.8. The van der Waals surface area contributed by atoms with E-state index in [2.05, 4.69) is 11.4 Å². The monoisotopic (exact) mass is 441 g/mol. The number of nitrogens with one attached hydrogen (secondary N) is 1. The molecule has 0 spiro atoms. The molecule has 1 atom stereocenters. The Kier molecular flexibility index (Phi) is 5.19. The Labute approximate surface area is 184 Å². The van der Waals surface area contributed by atoms with Crippen molar-refractivity contribution >= 4 is 44.7 Å². The van der Waals surface area contributed by atoms with Gasteiger partial charge in [-0.05, 0) is 48.7 Å². The second kappa shape index (κ2) is 7.85. The molecule has 2 amide bonds. The number of thiophene rings is 2. The average molecular weight is 442 g/mol. The molecule has 0 radical (unpaired) electrons. The summed E-state index contributed by atoms with van der Waals surface area (Å²) in [5.74, 6) is -0.0846. The summed E-state index contributed by atoms with van der Waals surface area (Å²) in [7, 11) is 0. The first-order valence-electron chi connectivity index (χ1n) is 10.8. The van der Waals surface area contributed by atoms with Crippen LogP contribution in [0.2, 0.25) is 0 Å². The third kappa shape index (κ3) is 3.38. The Balaban J connectivity index is 1.51. The van der Waals surface area contributed by atoms with Gasteiger partial charge in [-0.15, -0.1) is 22.7 Å². The average Bonchev–Trinajstić information content (AvgIpc) is 3.42. The summed E-state index contributed by atoms with van der Waals surface area (Å²) in [4.78, 5) is 30.2. The smallest absolute Gasteiger partial charge is 0.271 e. The van der Waals surface area contributed by atoms with E-state index in [-0.39, 0.29) is 17.9 Å². The Morgan fingerprint density at radius 2 is 1.97 bits per heavy atom. The fourth-order valence-electron chi connectivity index (χ4n) is 4.84. The van der Waals surface area contributed by atoms with Crippen LogP contribution in [-0.4, -0.2) is 32.9 Å². The van der Waals surface area contributed by atoms with Crippen molar-refractivity contribution < 1.29 is 9.59 Å². The topological polar surface area (TPSA) is 54.3 Å². The van der Waals surface area contributed by atoms with E-state index < -0.39 is 5.54 Å². The number of fused-ring (bicyclic) bond motifs is 3. The van der Waals surface area contributed by atoms with E-state index in [4.69, 9.17) is 0 Å². The van der Waals surface area contributed by atoms with E-state index in [0.29, 0.717) is 18.8 Å². The summed E-state index contributed by atoms with van der Waals surface area (Å²) in [6.07, 6.45) is 6.88. The van der Waals surface area contributed by atoms with E-state index in [9.17, 15) is 9.59 Å². The van der Waals surface area contributed by atoms with Crippen LogP contribution in [-0.2, 0) is 17.9 Å². The highest BCUT2D eigenvalue weighted by Gasteiger charge is 2.48. The molecule has 158 valence electrons. The lowest BCUT2D eigenvalue weighted by Crippen LogP contribution is -2.64. The summed E-state index contributed by atoms with van der Waals surface area (Å²) < 4.78 is 3.15. The fourth-order valence-corrected chi connectivity index (χ4v) is 6.36. The molecule has 5 nitrogen and oxygen atoms in total. The molecule has 0 aromatic carbocycles. The minimum atomic E-state index is -0.922. The SMILES string of the molecule is CC1(C(=O)NC2CCCCCC2)Cn2c(cc3sccc32)C(=O)N1Cc1cccs1. The quantitative estimate of drug-likeness (QED) is 0.578. The molecular weight excluding hydrogens is 414 g/mol. The lowest BCUT2D eigenvalue weighted by molar-refractivity contribution is -0.134. The lowest BCUT2D eigenvalue weighted by Gasteiger charge is -2.44. The summed E-state index contributed by atoms with van der Waals surface area (Å²) in [5, 5.41) is 7.39. The molecule has 1 aliphatic heterocycles. The summed E-state index contributed by atoms with van der Waals surface area (Å²) in [6.45, 7) is 2.88. The van der Waals surface area contributed by atoms with Crippen molar-refractivity contribution in [3.63, 3.8) is 0 Å². The van der Waals surface area contributed by atoms with Gasteiger partial charge in [-0.2, -0.15) is 0 Å². The predicted octanol–water partition coefficient (Wildman–Crippen LogP) is 5.02. The zero-order valence-corrected chi connectivity index (χ0v) is 18.9. The maximum atomic E-state index is 13.7. The Hall–Kier alpha value is -2.12. The second-order valence-electron chi connectivity index (χ2n) is 8.69. The Morgan fingerprint density at radius 3 is 2.70 bits per heavy atom. The van der Waals surface area contributed by atoms with Crippen molar-refractivity contribution in [2.75, 3.05) is 0 Å². The molecule has 3 aromatic heterocycles. The van der Waals surface area contributed by atoms with Gasteiger partial charge in [0.05, 0.1) is 23.3 Å². The molecule has 1 unspecified atom stereocenters. The van der Waals surface area contributed by atoms with Gasteiger partial charge in [-0.3, -0.25) is 9.59 Å². The molecule has 1 N–H and O–H groups in total. The van der Waals surface area contributed by atoms with Gasteiger partial charge in [0.15, 0.2) is 0 Å². The number of amides is 2. The van der Waals surface area contributed by atoms with E-state index >= 15 is 0 Å². The van der Waals surface area contributed by atoms with Crippen molar-refractivity contribution in [3.8, 4) is 0 Å². The van der Waals surface area contributed by atoms with Gasteiger partial charge in [0.1, 0.15) is 11.2 Å². The van der Waals surface area contributed by atoms with E-state index in [1.165, 1.54) is 12.8 Å². The van der Waals surface area contributed by atoms with Gasteiger partial charge in [-0.25, -0.2) is 0 Å². The standard InChI is InChI=1S/C23H27N3O2S2/c1-23(22(28)24-16-7-4-2-3-5-8-16)15-25-18-10-12-30-20(18)13-19(25)21(27)26(23)14-17-9-6-11-29-17/h6,9-13,16H,2-5,7-8,14-15H2,1H3,(H,24,28). The zero-order chi connectivity index (χ0) is 20.7. The van der Waals surface area contributed by atoms with Gasteiger partial charge >= 0.3 is 0 Å². The maximum Gasteiger partial charge on any atom is 0.271 e. The highest BCUT2D eigenvalue weighted by molar-refractivity contribution is 7.17. The van der Waals surface area contributed by atoms with Crippen LogP contribution in [0.5, 0.6) is 0 Å². The van der Waals surface area contributed by atoms with Gasteiger partial charge in [-0.1, -0.05) is 31.7 Å². The number of carbonyl (C=O) groups is 2. The number of aromatic nitrogens is 1. The summed E-state index contributed by atoms with van der Waals surface area (Å²) in [6, 6.07) is 8.27. The normalized spacial score (nSPS) is 22.8. The van der Waals surface area contributed by atoms with Crippen molar-refractivity contribution in [2.24, 2.45) is 0 Å². The first-order valence-corrected chi connectivity index (χ1v) is 12.5. The molecule has 4 heterocycles. The molecule has 2 aliphatic rings. The maximum absolute atomic E-state index is 13.7. The third-order valence-corrected chi connectivity index (χ3v) is 8.34. The summed E-state index contributed by atoms with van der Waals surface area (Å²) >= 11 is 3.27. The molecule has 30 heavy (non-hydrogen) atoms. The lowest BCUT2D eigenvalue weighted by atomic mass is 9.93. The molecule has 5 rings (SSSR count). The van der Waals surface area contributed by atoms with Crippen molar-refractivity contribution in [1.29, 1.82) is 0 Å². The Morgan fingerprint density at radius 1 is 1.17 bits per heavy atom. The van der Waals surface area contributed by atoms with Crippen LogP contribution in [0.1, 0.15) is 60.8 Å². The molecule has 1 aliphatic carbocycles. The van der Waals surface area contributed by atoms with E-state index in [1.807, 2.05) is 40.5 Å². The van der Waals surface area contributed by atoms with E-state index in [0.717, 1.165) is 40.8 Å². The second-order valence-corrected chi connectivity index (χ2v) is 10.7. The number of nitrogens with zero attached hydrogens (tertiary/aromatic N) is 2. The number of hydrogen-bond donors (Lipinski definition) is 1. The van der Waals surface area contributed by atoms with Crippen LogP contribution in [0.4, 0.5) is 0 Å². The Bertz CT molecular complexity index is 1060. The molecule has 0 bridgehead atoms. The predicted molar refractivity (Wildman–Crippen MR) is 122 cm³/mol. The van der Waals surface area contributed by atoms with Crippen LogP contribution in [0.3, 0.4) is 0 Å². The highest BCUT2D eigenvalue weighted by Crippen LogP contribution is 2.36. The van der Waals surface area contributed by atoms with Crippen molar-refractivity contribution in [3.05, 3.63) is 45.6 Å². The minimum Gasteiger partial charge on any atom is -0.351 e. The molecule has 7 heteroatoms. The van der Waals surface area contributed by atoms with Crippen LogP contribution < -0.4 is 5.32 Å². The van der Waals surface area contributed by atoms with Gasteiger partial charge in [0.25, 0.3) is 5.91 Å². The van der Waals surface area contributed by atoms with Gasteiger partial charge in [0, 0.05) is 10.9 Å².